The monoisotopic (exact) mass is 118 g/mol. The number of hydrogen-bond donors (Lipinski definition) is 0. The topological polar surface area (TPSA) is 9.23 Å². The van der Waals surface area contributed by atoms with Crippen molar-refractivity contribution in [3.63, 3.8) is 0 Å². The fourth-order valence-electron chi connectivity index (χ4n) is 0.510. The van der Waals surface area contributed by atoms with Crippen LogP contribution in [0.1, 0.15) is 12.8 Å². The van der Waals surface area contributed by atoms with E-state index in [0.29, 0.717) is 0 Å². The van der Waals surface area contributed by atoms with E-state index in [1.165, 1.54) is 12.8 Å². The highest BCUT2D eigenvalue weighted by Gasteiger charge is 1.94. The second kappa shape index (κ2) is 6.31. The van der Waals surface area contributed by atoms with Crippen LogP contribution in [0.3, 0.4) is 0 Å². The molecule has 0 atom stereocenters. The molecule has 3 heteroatoms. The molecular formula is C4H8BClO. The highest BCUT2D eigenvalue weighted by Crippen LogP contribution is 1.98. The van der Waals surface area contributed by atoms with E-state index >= 15 is 0 Å². The quantitative estimate of drug-likeness (QED) is 0.433. The first-order valence-corrected chi connectivity index (χ1v) is 2.73. The van der Waals surface area contributed by atoms with Crippen molar-refractivity contribution in [2.75, 3.05) is 13.2 Å². The predicted octanol–water partition coefficient (Wildman–Crippen LogP) is 1.11. The van der Waals surface area contributed by atoms with Crippen molar-refractivity contribution in [1.82, 2.24) is 0 Å². The van der Waals surface area contributed by atoms with E-state index in [1.807, 2.05) is 0 Å². The molecule has 1 aliphatic heterocycles. The second-order valence-corrected chi connectivity index (χ2v) is 1.32. The molecule has 0 bridgehead atoms. The van der Waals surface area contributed by atoms with Gasteiger partial charge in [0, 0.05) is 13.2 Å². The maximum atomic E-state index is 4.94. The fraction of sp³-hybridized carbons (Fsp3) is 1.00. The van der Waals surface area contributed by atoms with Gasteiger partial charge < -0.3 is 4.74 Å². The van der Waals surface area contributed by atoms with Crippen molar-refractivity contribution in [2.24, 2.45) is 0 Å². The Morgan fingerprint density at radius 3 is 1.71 bits per heavy atom. The Hall–Kier alpha value is 0.315. The largest absolute Gasteiger partial charge is 0.381 e. The summed E-state index contributed by atoms with van der Waals surface area (Å²) in [4.78, 5) is 0. The van der Waals surface area contributed by atoms with E-state index in [9.17, 15) is 0 Å². The lowest BCUT2D eigenvalue weighted by molar-refractivity contribution is 0.198. The standard InChI is InChI=1S/C4H8O.BCl/c1-2-4-5-3-1;1-2/h1-4H2;. The molecule has 0 aromatic rings. The highest BCUT2D eigenvalue weighted by molar-refractivity contribution is 6.80. The van der Waals surface area contributed by atoms with Crippen LogP contribution < -0.4 is 0 Å². The Morgan fingerprint density at radius 2 is 1.57 bits per heavy atom. The summed E-state index contributed by atoms with van der Waals surface area (Å²) >= 11 is 4.14. The van der Waals surface area contributed by atoms with Crippen molar-refractivity contribution in [3.05, 3.63) is 0 Å². The zero-order valence-corrected chi connectivity index (χ0v) is 4.95. The Labute approximate surface area is 50.3 Å². The molecule has 1 fully saturated rings. The van der Waals surface area contributed by atoms with E-state index in [-0.39, 0.29) is 0 Å². The number of ether oxygens (including phenoxy) is 1. The van der Waals surface area contributed by atoms with Gasteiger partial charge in [-0.2, -0.15) is 0 Å². The molecular weight excluding hydrogens is 110 g/mol. The second-order valence-electron chi connectivity index (χ2n) is 1.32. The summed E-state index contributed by atoms with van der Waals surface area (Å²) < 4.78 is 4.94. The van der Waals surface area contributed by atoms with Crippen molar-refractivity contribution < 1.29 is 4.74 Å². The summed E-state index contributed by atoms with van der Waals surface area (Å²) in [6, 6.07) is 0. The number of rotatable bonds is 0. The molecule has 0 N–H and O–H groups in total. The molecule has 0 saturated carbocycles. The minimum absolute atomic E-state index is 1.00. The summed E-state index contributed by atoms with van der Waals surface area (Å²) in [5.41, 5.74) is 0. The summed E-state index contributed by atoms with van der Waals surface area (Å²) in [7, 11) is 3.97. The van der Waals surface area contributed by atoms with E-state index < -0.39 is 0 Å². The van der Waals surface area contributed by atoms with Crippen LogP contribution in [0.15, 0.2) is 0 Å². The molecule has 0 aromatic carbocycles. The van der Waals surface area contributed by atoms with Crippen molar-refractivity contribution in [2.45, 2.75) is 12.8 Å². The Balaban J connectivity index is 0.000000162. The SMILES string of the molecule is C1CCOC1.[B]Cl. The van der Waals surface area contributed by atoms with Gasteiger partial charge in [0.2, 0.25) is 7.26 Å². The molecule has 7 heavy (non-hydrogen) atoms. The molecule has 0 unspecified atom stereocenters. The predicted molar refractivity (Wildman–Crippen MR) is 31.7 cm³/mol. The maximum absolute atomic E-state index is 4.94. The average Bonchev–Trinajstić information content (AvgIpc) is 2.23. The molecule has 40 valence electrons. The Morgan fingerprint density at radius 1 is 1.14 bits per heavy atom. The zero-order chi connectivity index (χ0) is 5.54. The van der Waals surface area contributed by atoms with E-state index in [4.69, 9.17) is 4.74 Å². The molecule has 1 rings (SSSR count). The molecule has 0 aromatic heterocycles. The molecule has 1 saturated heterocycles. The minimum atomic E-state index is 1.00. The van der Waals surface area contributed by atoms with Gasteiger partial charge in [-0.1, -0.05) is 0 Å². The van der Waals surface area contributed by atoms with Crippen LogP contribution in [-0.2, 0) is 4.74 Å². The van der Waals surface area contributed by atoms with Gasteiger partial charge in [-0.15, -0.1) is 0 Å². The molecule has 0 spiro atoms. The van der Waals surface area contributed by atoms with Crippen LogP contribution >= 0.6 is 11.5 Å². The highest BCUT2D eigenvalue weighted by atomic mass is 35.5. The normalized spacial score (nSPS) is 17.9. The van der Waals surface area contributed by atoms with Crippen LogP contribution in [0.4, 0.5) is 0 Å². The average molecular weight is 118 g/mol. The van der Waals surface area contributed by atoms with Gasteiger partial charge in [0.05, 0.1) is 0 Å². The number of halogens is 1. The van der Waals surface area contributed by atoms with Gasteiger partial charge >= 0.3 is 0 Å². The van der Waals surface area contributed by atoms with E-state index in [0.717, 1.165) is 13.2 Å². The van der Waals surface area contributed by atoms with Crippen molar-refractivity contribution in [1.29, 1.82) is 0 Å². The van der Waals surface area contributed by atoms with Gasteiger partial charge in [0.1, 0.15) is 0 Å². The van der Waals surface area contributed by atoms with Crippen LogP contribution in [0.5, 0.6) is 0 Å². The molecule has 1 heterocycles. The Kier molecular flexibility index (Phi) is 6.60. The third kappa shape index (κ3) is 4.16. The van der Waals surface area contributed by atoms with Gasteiger partial charge in [0.15, 0.2) is 0 Å². The molecule has 1 nitrogen and oxygen atoms in total. The third-order valence-corrected chi connectivity index (χ3v) is 0.827. The summed E-state index contributed by atoms with van der Waals surface area (Å²) in [6.45, 7) is 2.00. The molecule has 0 aliphatic carbocycles. The summed E-state index contributed by atoms with van der Waals surface area (Å²) in [5.74, 6) is 0. The van der Waals surface area contributed by atoms with Crippen molar-refractivity contribution in [3.8, 4) is 0 Å². The van der Waals surface area contributed by atoms with Crippen molar-refractivity contribution >= 4 is 18.7 Å². The molecule has 1 aliphatic rings. The summed E-state index contributed by atoms with van der Waals surface area (Å²) in [5, 5.41) is 0. The first-order valence-electron chi connectivity index (χ1n) is 2.30. The third-order valence-electron chi connectivity index (χ3n) is 0.827. The van der Waals surface area contributed by atoms with Gasteiger partial charge in [-0.25, -0.2) is 11.5 Å². The molecule has 2 radical (unpaired) electrons. The lowest BCUT2D eigenvalue weighted by Crippen LogP contribution is -1.74. The van der Waals surface area contributed by atoms with Crippen LogP contribution in [0.2, 0.25) is 0 Å². The van der Waals surface area contributed by atoms with E-state index in [2.05, 4.69) is 18.7 Å². The maximum Gasteiger partial charge on any atom is 0.214 e. The van der Waals surface area contributed by atoms with Gasteiger partial charge in [0.25, 0.3) is 0 Å². The van der Waals surface area contributed by atoms with E-state index in [1.54, 1.807) is 0 Å². The molecule has 0 amide bonds. The van der Waals surface area contributed by atoms with Gasteiger partial charge in [-0.05, 0) is 12.8 Å². The van der Waals surface area contributed by atoms with Crippen LogP contribution in [0, 0.1) is 0 Å². The lowest BCUT2D eigenvalue weighted by atomic mass is 10.4. The zero-order valence-electron chi connectivity index (χ0n) is 4.19. The minimum Gasteiger partial charge on any atom is -0.381 e. The fourth-order valence-corrected chi connectivity index (χ4v) is 0.510. The van der Waals surface area contributed by atoms with Gasteiger partial charge in [-0.3, -0.25) is 0 Å². The first kappa shape index (κ1) is 7.31. The van der Waals surface area contributed by atoms with Crippen LogP contribution in [-0.4, -0.2) is 20.5 Å². The first-order chi connectivity index (χ1) is 3.50. The smallest absolute Gasteiger partial charge is 0.214 e. The number of hydrogen-bond acceptors (Lipinski definition) is 1. The Bertz CT molecular complexity index is 23.3. The summed E-state index contributed by atoms with van der Waals surface area (Å²) in [6.07, 6.45) is 2.56. The lowest BCUT2D eigenvalue weighted by Gasteiger charge is -1.76. The van der Waals surface area contributed by atoms with Crippen LogP contribution in [0.25, 0.3) is 0 Å².